The van der Waals surface area contributed by atoms with Gasteiger partial charge >= 0.3 is 0 Å². The molecule has 0 spiro atoms. The lowest BCUT2D eigenvalue weighted by atomic mass is 9.78. The normalized spacial score (nSPS) is 39.3. The van der Waals surface area contributed by atoms with Gasteiger partial charge in [0.05, 0.1) is 0 Å². The van der Waals surface area contributed by atoms with E-state index in [1.165, 1.54) is 0 Å². The summed E-state index contributed by atoms with van der Waals surface area (Å²) in [5.74, 6) is 0.276. The van der Waals surface area contributed by atoms with Crippen molar-refractivity contribution < 1.29 is 4.79 Å². The Morgan fingerprint density at radius 2 is 2.40 bits per heavy atom. The molecule has 2 heterocycles. The van der Waals surface area contributed by atoms with Crippen LogP contribution in [-0.4, -0.2) is 42.5 Å². The van der Waals surface area contributed by atoms with Gasteiger partial charge in [-0.15, -0.1) is 0 Å². The van der Waals surface area contributed by atoms with E-state index in [0.717, 1.165) is 45.4 Å². The molecule has 0 aromatic heterocycles. The van der Waals surface area contributed by atoms with Gasteiger partial charge < -0.3 is 16.0 Å². The lowest BCUT2D eigenvalue weighted by Gasteiger charge is -2.41. The predicted octanol–water partition coefficient (Wildman–Crippen LogP) is -0.0643. The second-order valence-corrected chi connectivity index (χ2v) is 4.80. The molecule has 2 saturated heterocycles. The molecule has 3 N–H and O–H groups in total. The first-order valence-corrected chi connectivity index (χ1v) is 5.96. The monoisotopic (exact) mass is 211 g/mol. The van der Waals surface area contributed by atoms with Crippen molar-refractivity contribution in [1.29, 1.82) is 0 Å². The average molecular weight is 211 g/mol. The minimum atomic E-state index is -0.414. The molecule has 0 aliphatic carbocycles. The maximum absolute atomic E-state index is 11.7. The third kappa shape index (κ3) is 1.76. The van der Waals surface area contributed by atoms with E-state index >= 15 is 0 Å². The van der Waals surface area contributed by atoms with E-state index < -0.39 is 5.54 Å². The van der Waals surface area contributed by atoms with E-state index in [-0.39, 0.29) is 5.91 Å². The van der Waals surface area contributed by atoms with Gasteiger partial charge in [0.1, 0.15) is 5.54 Å². The Balaban J connectivity index is 2.14. The van der Waals surface area contributed by atoms with Crippen LogP contribution in [0.4, 0.5) is 0 Å². The van der Waals surface area contributed by atoms with Crippen LogP contribution in [0.15, 0.2) is 0 Å². The summed E-state index contributed by atoms with van der Waals surface area (Å²) in [5.41, 5.74) is 5.19. The molecule has 2 aliphatic heterocycles. The van der Waals surface area contributed by atoms with E-state index in [2.05, 4.69) is 17.1 Å². The number of carbonyl (C=O) groups excluding carboxylic acids is 1. The summed E-state index contributed by atoms with van der Waals surface area (Å²) >= 11 is 0. The van der Waals surface area contributed by atoms with Gasteiger partial charge in [0.25, 0.3) is 0 Å². The van der Waals surface area contributed by atoms with Gasteiger partial charge in [-0.2, -0.15) is 0 Å². The molecule has 2 bridgehead atoms. The van der Waals surface area contributed by atoms with Gasteiger partial charge in [0.2, 0.25) is 5.91 Å². The Hall–Kier alpha value is -0.610. The van der Waals surface area contributed by atoms with Gasteiger partial charge in [-0.25, -0.2) is 0 Å². The van der Waals surface area contributed by atoms with Crippen LogP contribution in [0.25, 0.3) is 0 Å². The van der Waals surface area contributed by atoms with Crippen molar-refractivity contribution in [2.45, 2.75) is 31.7 Å². The molecule has 2 aliphatic rings. The van der Waals surface area contributed by atoms with E-state index in [1.54, 1.807) is 0 Å². The first-order chi connectivity index (χ1) is 7.19. The molecule has 4 heteroatoms. The molecular weight excluding hydrogens is 190 g/mol. The summed E-state index contributed by atoms with van der Waals surface area (Å²) in [7, 11) is 0. The predicted molar refractivity (Wildman–Crippen MR) is 59.4 cm³/mol. The zero-order chi connectivity index (χ0) is 10.9. The van der Waals surface area contributed by atoms with Crippen LogP contribution in [-0.2, 0) is 4.79 Å². The average Bonchev–Trinajstić information content (AvgIpc) is 2.62. The number of hydrogen-bond donors (Lipinski definition) is 2. The van der Waals surface area contributed by atoms with Gasteiger partial charge in [0, 0.05) is 19.0 Å². The molecule has 0 aromatic carbocycles. The molecule has 3 unspecified atom stereocenters. The molecule has 2 fully saturated rings. The number of hydrogen-bond acceptors (Lipinski definition) is 3. The summed E-state index contributed by atoms with van der Waals surface area (Å²) in [4.78, 5) is 14.1. The molecule has 0 aromatic rings. The number of amides is 1. The van der Waals surface area contributed by atoms with Crippen LogP contribution in [0.5, 0.6) is 0 Å². The fourth-order valence-corrected chi connectivity index (χ4v) is 2.97. The number of rotatable bonds is 4. The molecule has 86 valence electrons. The fourth-order valence-electron chi connectivity index (χ4n) is 2.97. The maximum Gasteiger partial charge on any atom is 0.238 e. The zero-order valence-electron chi connectivity index (χ0n) is 9.46. The number of carbonyl (C=O) groups is 1. The van der Waals surface area contributed by atoms with Gasteiger partial charge in [-0.1, -0.05) is 6.92 Å². The molecule has 0 radical (unpaired) electrons. The van der Waals surface area contributed by atoms with Gasteiger partial charge in [0.15, 0.2) is 0 Å². The Morgan fingerprint density at radius 1 is 1.60 bits per heavy atom. The summed E-state index contributed by atoms with van der Waals surface area (Å²) in [6, 6.07) is 0. The number of nitrogens with zero attached hydrogens (tertiary/aromatic N) is 1. The van der Waals surface area contributed by atoms with Gasteiger partial charge in [-0.3, -0.25) is 4.79 Å². The summed E-state index contributed by atoms with van der Waals surface area (Å²) in [5, 5.41) is 3.41. The molecule has 2 rings (SSSR count). The van der Waals surface area contributed by atoms with E-state index in [4.69, 9.17) is 5.73 Å². The minimum Gasteiger partial charge on any atom is -0.368 e. The quantitative estimate of drug-likeness (QED) is 0.684. The fraction of sp³-hybridized carbons (Fsp3) is 0.909. The first-order valence-electron chi connectivity index (χ1n) is 5.96. The van der Waals surface area contributed by atoms with E-state index in [9.17, 15) is 4.79 Å². The number of fused-ring (bicyclic) bond motifs is 2. The van der Waals surface area contributed by atoms with Crippen molar-refractivity contribution in [3.63, 3.8) is 0 Å². The van der Waals surface area contributed by atoms with Crippen LogP contribution in [0.3, 0.4) is 0 Å². The highest BCUT2D eigenvalue weighted by atomic mass is 16.1. The number of piperidine rings is 1. The van der Waals surface area contributed by atoms with Crippen LogP contribution < -0.4 is 11.1 Å². The highest BCUT2D eigenvalue weighted by Gasteiger charge is 2.49. The maximum atomic E-state index is 11.7. The van der Waals surface area contributed by atoms with Crippen LogP contribution in [0.2, 0.25) is 0 Å². The standard InChI is InChI=1S/C11H21N3O/c1-2-5-13-11(10(12)15)4-7-14-6-3-9(11)8-14/h9,13H,2-8H2,1H3,(H2,12,15). The molecule has 1 amide bonds. The largest absolute Gasteiger partial charge is 0.368 e. The van der Waals surface area contributed by atoms with Crippen molar-refractivity contribution >= 4 is 5.91 Å². The van der Waals surface area contributed by atoms with Crippen LogP contribution >= 0.6 is 0 Å². The minimum absolute atomic E-state index is 0.150. The summed E-state index contributed by atoms with van der Waals surface area (Å²) in [6.07, 6.45) is 3.04. The lowest BCUT2D eigenvalue weighted by molar-refractivity contribution is -0.128. The van der Waals surface area contributed by atoms with Crippen molar-refractivity contribution in [3.8, 4) is 0 Å². The van der Waals surface area contributed by atoms with E-state index in [1.807, 2.05) is 0 Å². The Labute approximate surface area is 91.2 Å². The topological polar surface area (TPSA) is 58.4 Å². The number of primary amides is 1. The number of nitrogens with one attached hydrogen (secondary N) is 1. The highest BCUT2D eigenvalue weighted by molar-refractivity contribution is 5.85. The second kappa shape index (κ2) is 4.10. The Kier molecular flexibility index (Phi) is 2.98. The Morgan fingerprint density at radius 3 is 3.07 bits per heavy atom. The number of nitrogens with two attached hydrogens (primary N) is 1. The molecular formula is C11H21N3O. The van der Waals surface area contributed by atoms with Crippen molar-refractivity contribution in [3.05, 3.63) is 0 Å². The third-order valence-corrected chi connectivity index (χ3v) is 3.92. The summed E-state index contributed by atoms with van der Waals surface area (Å²) < 4.78 is 0. The zero-order valence-corrected chi connectivity index (χ0v) is 9.46. The van der Waals surface area contributed by atoms with Crippen LogP contribution in [0.1, 0.15) is 26.2 Å². The van der Waals surface area contributed by atoms with Crippen molar-refractivity contribution in [2.75, 3.05) is 26.2 Å². The molecule has 15 heavy (non-hydrogen) atoms. The molecule has 0 saturated carbocycles. The van der Waals surface area contributed by atoms with Crippen molar-refractivity contribution in [2.24, 2.45) is 11.7 Å². The second-order valence-electron chi connectivity index (χ2n) is 4.80. The van der Waals surface area contributed by atoms with Gasteiger partial charge in [-0.05, 0) is 32.4 Å². The first kappa shape index (κ1) is 10.9. The third-order valence-electron chi connectivity index (χ3n) is 3.92. The van der Waals surface area contributed by atoms with Crippen molar-refractivity contribution in [1.82, 2.24) is 10.2 Å². The highest BCUT2D eigenvalue weighted by Crippen LogP contribution is 2.35. The molecule has 3 atom stereocenters. The molecule has 4 nitrogen and oxygen atoms in total. The lowest BCUT2D eigenvalue weighted by Crippen LogP contribution is -2.63. The summed E-state index contributed by atoms with van der Waals surface area (Å²) in [6.45, 7) is 6.19. The SMILES string of the molecule is CCCNC1(C(N)=O)CCN2CCC1C2. The smallest absolute Gasteiger partial charge is 0.238 e. The Bertz CT molecular complexity index is 256. The van der Waals surface area contributed by atoms with Crippen LogP contribution in [0, 0.1) is 5.92 Å². The van der Waals surface area contributed by atoms with E-state index in [0.29, 0.717) is 5.92 Å².